The van der Waals surface area contributed by atoms with Crippen molar-refractivity contribution in [2.45, 2.75) is 39.1 Å². The van der Waals surface area contributed by atoms with Gasteiger partial charge in [-0.25, -0.2) is 0 Å². The van der Waals surface area contributed by atoms with Crippen molar-refractivity contribution in [3.8, 4) is 0 Å². The average Bonchev–Trinajstić information content (AvgIpc) is 2.73. The zero-order chi connectivity index (χ0) is 21.6. The van der Waals surface area contributed by atoms with Gasteiger partial charge in [0, 0.05) is 0 Å². The number of hydrogen-bond acceptors (Lipinski definition) is 1. The predicted molar refractivity (Wildman–Crippen MR) is 134 cm³/mol. The van der Waals surface area contributed by atoms with E-state index in [0.717, 1.165) is 0 Å². The number of hydrogen-bond donors (Lipinski definition) is 0. The van der Waals surface area contributed by atoms with E-state index < -0.39 is 34.8 Å². The van der Waals surface area contributed by atoms with Crippen molar-refractivity contribution in [2.75, 3.05) is 0 Å². The molecule has 0 bridgehead atoms. The summed E-state index contributed by atoms with van der Waals surface area (Å²) in [4.78, 5) is 0. The van der Waals surface area contributed by atoms with E-state index in [2.05, 4.69) is 131 Å². The molecule has 0 radical (unpaired) electrons. The van der Waals surface area contributed by atoms with Crippen molar-refractivity contribution in [2.24, 2.45) is 5.92 Å². The molecule has 0 fully saturated rings. The second-order valence-electron chi connectivity index (χ2n) is 8.82. The van der Waals surface area contributed by atoms with E-state index in [4.69, 9.17) is 4.43 Å². The molecule has 30 heavy (non-hydrogen) atoms. The zero-order valence-corrected chi connectivity index (χ0v) is 22.0. The van der Waals surface area contributed by atoms with Crippen molar-refractivity contribution >= 4 is 36.5 Å². The standard InChI is InChI=1S/C27H32OSiTe/c1-22(2)27(28-29(3,4)5,24-17-11-7-12-18-24)21-26(23-15-9-6-10-16-23)30-25-19-13-8-14-20-25/h6-22H,1-5H3/b26-21+. The van der Waals surface area contributed by atoms with E-state index in [1.54, 1.807) is 0 Å². The summed E-state index contributed by atoms with van der Waals surface area (Å²) in [7, 11) is -1.83. The summed E-state index contributed by atoms with van der Waals surface area (Å²) in [6.45, 7) is 11.4. The first-order chi connectivity index (χ1) is 14.3. The van der Waals surface area contributed by atoms with Gasteiger partial charge in [-0.1, -0.05) is 0 Å². The SMILES string of the molecule is CC(C)C(/C=C(/[Te]c1ccccc1)c1ccccc1)(O[Si](C)(C)C)c1ccccc1. The fourth-order valence-electron chi connectivity index (χ4n) is 3.58. The zero-order valence-electron chi connectivity index (χ0n) is 18.6. The summed E-state index contributed by atoms with van der Waals surface area (Å²) >= 11 is -0.570. The van der Waals surface area contributed by atoms with Crippen LogP contribution < -0.4 is 3.61 Å². The van der Waals surface area contributed by atoms with Crippen LogP contribution in [0.1, 0.15) is 25.0 Å². The first-order valence-corrected chi connectivity index (χ1v) is 16.3. The molecule has 0 aliphatic heterocycles. The van der Waals surface area contributed by atoms with Gasteiger partial charge >= 0.3 is 194 Å². The third-order valence-corrected chi connectivity index (χ3v) is 8.97. The molecule has 1 atom stereocenters. The van der Waals surface area contributed by atoms with Gasteiger partial charge in [0.25, 0.3) is 0 Å². The molecule has 0 N–H and O–H groups in total. The van der Waals surface area contributed by atoms with Crippen molar-refractivity contribution in [3.05, 3.63) is 108 Å². The Labute approximate surface area is 193 Å². The fourth-order valence-corrected chi connectivity index (χ4v) is 7.96. The Morgan fingerprint density at radius 3 is 1.80 bits per heavy atom. The number of rotatable bonds is 8. The summed E-state index contributed by atoms with van der Waals surface area (Å²) in [6, 6.07) is 32.6. The van der Waals surface area contributed by atoms with Crippen LogP contribution in [0.3, 0.4) is 0 Å². The molecular weight excluding hydrogens is 496 g/mol. The van der Waals surface area contributed by atoms with Gasteiger partial charge in [-0.2, -0.15) is 0 Å². The molecule has 0 saturated heterocycles. The van der Waals surface area contributed by atoms with Gasteiger partial charge in [-0.3, -0.25) is 0 Å². The van der Waals surface area contributed by atoms with E-state index in [-0.39, 0.29) is 0 Å². The maximum absolute atomic E-state index is 7.05. The Hall–Kier alpha value is -1.63. The van der Waals surface area contributed by atoms with Gasteiger partial charge in [0.05, 0.1) is 0 Å². The van der Waals surface area contributed by atoms with E-state index in [1.807, 2.05) is 0 Å². The second-order valence-corrected chi connectivity index (χ2v) is 16.4. The third kappa shape index (κ3) is 5.96. The van der Waals surface area contributed by atoms with Gasteiger partial charge in [-0.05, 0) is 0 Å². The molecule has 0 aliphatic carbocycles. The Bertz CT molecular complexity index is 946. The van der Waals surface area contributed by atoms with Gasteiger partial charge < -0.3 is 0 Å². The van der Waals surface area contributed by atoms with Gasteiger partial charge in [0.1, 0.15) is 0 Å². The molecule has 0 saturated carbocycles. The first-order valence-electron chi connectivity index (χ1n) is 10.6. The van der Waals surface area contributed by atoms with Crippen molar-refractivity contribution in [1.29, 1.82) is 0 Å². The summed E-state index contributed by atoms with van der Waals surface area (Å²) < 4.78 is 9.92. The third-order valence-electron chi connectivity index (χ3n) is 4.93. The minimum atomic E-state index is -1.83. The van der Waals surface area contributed by atoms with Crippen molar-refractivity contribution in [3.63, 3.8) is 0 Å². The topological polar surface area (TPSA) is 9.23 Å². The molecule has 156 valence electrons. The number of benzene rings is 3. The molecule has 3 aromatic rings. The Balaban J connectivity index is 2.21. The molecule has 0 amide bonds. The van der Waals surface area contributed by atoms with Crippen LogP contribution in [-0.4, -0.2) is 29.2 Å². The molecule has 1 unspecified atom stereocenters. The summed E-state index contributed by atoms with van der Waals surface area (Å²) in [6.07, 6.45) is 2.47. The van der Waals surface area contributed by atoms with Gasteiger partial charge in [-0.15, -0.1) is 0 Å². The summed E-state index contributed by atoms with van der Waals surface area (Å²) in [5.41, 5.74) is 2.12. The first kappa shape index (κ1) is 23.0. The monoisotopic (exact) mass is 530 g/mol. The molecule has 3 heteroatoms. The van der Waals surface area contributed by atoms with Crippen LogP contribution in [0.4, 0.5) is 0 Å². The van der Waals surface area contributed by atoms with E-state index in [1.165, 1.54) is 18.4 Å². The summed E-state index contributed by atoms with van der Waals surface area (Å²) in [5.74, 6) is 0.313. The molecule has 1 nitrogen and oxygen atoms in total. The molecule has 0 aromatic heterocycles. The fraction of sp³-hybridized carbons (Fsp3) is 0.259. The molecular formula is C27H32OSiTe. The predicted octanol–water partition coefficient (Wildman–Crippen LogP) is 6.46. The van der Waals surface area contributed by atoms with Crippen LogP contribution in [0.25, 0.3) is 3.62 Å². The van der Waals surface area contributed by atoms with E-state index in [0.29, 0.717) is 5.92 Å². The maximum atomic E-state index is 7.05. The van der Waals surface area contributed by atoms with Crippen LogP contribution in [0.2, 0.25) is 19.6 Å². The van der Waals surface area contributed by atoms with Crippen LogP contribution in [-0.2, 0) is 10.0 Å². The van der Waals surface area contributed by atoms with Gasteiger partial charge in [0.2, 0.25) is 0 Å². The van der Waals surface area contributed by atoms with Crippen LogP contribution in [0.15, 0.2) is 97.1 Å². The molecule has 3 aromatic carbocycles. The Kier molecular flexibility index (Phi) is 7.77. The van der Waals surface area contributed by atoms with Crippen molar-refractivity contribution < 1.29 is 4.43 Å². The van der Waals surface area contributed by atoms with Crippen molar-refractivity contribution in [1.82, 2.24) is 0 Å². The molecule has 0 heterocycles. The van der Waals surface area contributed by atoms with E-state index >= 15 is 0 Å². The average molecular weight is 528 g/mol. The van der Waals surface area contributed by atoms with Crippen LogP contribution in [0, 0.1) is 5.92 Å². The van der Waals surface area contributed by atoms with E-state index in [9.17, 15) is 0 Å². The molecule has 0 spiro atoms. The van der Waals surface area contributed by atoms with Crippen LogP contribution in [0.5, 0.6) is 0 Å². The summed E-state index contributed by atoms with van der Waals surface area (Å²) in [5, 5.41) is 0. The Morgan fingerprint density at radius 2 is 1.30 bits per heavy atom. The molecule has 0 aliphatic rings. The minimum absolute atomic E-state index is 0.313. The quantitative estimate of drug-likeness (QED) is 0.305. The Morgan fingerprint density at radius 1 is 0.800 bits per heavy atom. The normalized spacial score (nSPS) is 14.5. The molecule has 3 rings (SSSR count). The van der Waals surface area contributed by atoms with Gasteiger partial charge in [0.15, 0.2) is 0 Å². The second kappa shape index (κ2) is 10.1. The van der Waals surface area contributed by atoms with Crippen LogP contribution >= 0.6 is 0 Å².